The lowest BCUT2D eigenvalue weighted by atomic mass is 9.99. The third-order valence-electron chi connectivity index (χ3n) is 9.79. The van der Waals surface area contributed by atoms with Crippen molar-refractivity contribution in [3.05, 3.63) is 59.3 Å². The number of carbonyl (C=O) groups is 4. The molecule has 0 unspecified atom stereocenters. The number of aromatic nitrogens is 1. The summed E-state index contributed by atoms with van der Waals surface area (Å²) in [4.78, 5) is 63.1. The molecular formula is C35H35F2N5O8S. The van der Waals surface area contributed by atoms with Crippen LogP contribution in [0.2, 0.25) is 0 Å². The highest BCUT2D eigenvalue weighted by atomic mass is 32.2. The number of benzene rings is 2. The number of carboxylic acid groups (broad SMARTS) is 1. The highest BCUT2D eigenvalue weighted by molar-refractivity contribution is 7.90. The first-order valence-electron chi connectivity index (χ1n) is 16.9. The van der Waals surface area contributed by atoms with Gasteiger partial charge in [0, 0.05) is 48.4 Å². The number of aliphatic imine (C=N–C) groups is 1. The Morgan fingerprint density at radius 2 is 1.69 bits per heavy atom. The second-order valence-electron chi connectivity index (χ2n) is 13.4. The normalized spacial score (nSPS) is 24.5. The van der Waals surface area contributed by atoms with E-state index < -0.39 is 74.8 Å². The Kier molecular flexibility index (Phi) is 9.20. The van der Waals surface area contributed by atoms with Crippen molar-refractivity contribution >= 4 is 61.6 Å². The van der Waals surface area contributed by atoms with Crippen molar-refractivity contribution in [2.45, 2.75) is 87.8 Å². The molecule has 2 aromatic carbocycles. The van der Waals surface area contributed by atoms with E-state index in [0.29, 0.717) is 43.9 Å². The van der Waals surface area contributed by atoms with Crippen molar-refractivity contribution < 1.29 is 46.2 Å². The molecule has 2 fully saturated rings. The number of allylic oxidation sites excluding steroid dienone is 2. The summed E-state index contributed by atoms with van der Waals surface area (Å²) in [5, 5.41) is 11.9. The summed E-state index contributed by atoms with van der Waals surface area (Å²) in [6, 6.07) is 5.42. The summed E-state index contributed by atoms with van der Waals surface area (Å²) >= 11 is 0. The van der Waals surface area contributed by atoms with E-state index in [1.165, 1.54) is 47.5 Å². The molecule has 3 amide bonds. The average Bonchev–Trinajstić information content (AvgIpc) is 4.01. The van der Waals surface area contributed by atoms with Crippen molar-refractivity contribution in [3.63, 3.8) is 0 Å². The Morgan fingerprint density at radius 3 is 2.43 bits per heavy atom. The van der Waals surface area contributed by atoms with Gasteiger partial charge < -0.3 is 15.2 Å². The summed E-state index contributed by atoms with van der Waals surface area (Å²) in [6.07, 6.45) is 1.58. The second-order valence-corrected chi connectivity index (χ2v) is 15.4. The van der Waals surface area contributed by atoms with Gasteiger partial charge in [-0.3, -0.25) is 29.0 Å². The predicted molar refractivity (Wildman–Crippen MR) is 180 cm³/mol. The number of ether oxygens (including phenoxy) is 1. The third-order valence-corrected chi connectivity index (χ3v) is 11.6. The van der Waals surface area contributed by atoms with E-state index in [0.717, 1.165) is 11.3 Å². The molecule has 2 aliphatic heterocycles. The van der Waals surface area contributed by atoms with Gasteiger partial charge in [-0.05, 0) is 79.5 Å². The molecule has 0 radical (unpaired) electrons. The molecule has 3 aromatic rings. The molecule has 1 saturated carbocycles. The van der Waals surface area contributed by atoms with E-state index in [1.54, 1.807) is 0 Å². The molecule has 13 nitrogen and oxygen atoms in total. The first-order valence-corrected chi connectivity index (χ1v) is 18.4. The van der Waals surface area contributed by atoms with Crippen LogP contribution in [0.15, 0.2) is 52.7 Å². The van der Waals surface area contributed by atoms with E-state index in [4.69, 9.17) is 4.74 Å². The monoisotopic (exact) mass is 723 g/mol. The Bertz CT molecular complexity index is 2140. The van der Waals surface area contributed by atoms with Gasteiger partial charge in [-0.2, -0.15) is 0 Å². The maximum atomic E-state index is 14.5. The lowest BCUT2D eigenvalue weighted by Crippen LogP contribution is -2.50. The molecule has 3 heterocycles. The van der Waals surface area contributed by atoms with Crippen molar-refractivity contribution in [1.29, 1.82) is 0 Å². The number of nitrogens with one attached hydrogen (secondary N) is 2. The van der Waals surface area contributed by atoms with Crippen LogP contribution in [0.3, 0.4) is 0 Å². The number of hydrogen-bond donors (Lipinski definition) is 3. The number of fused-ring (bicyclic) bond motifs is 4. The van der Waals surface area contributed by atoms with E-state index in [9.17, 15) is 41.5 Å². The molecule has 0 bridgehead atoms. The van der Waals surface area contributed by atoms with E-state index in [-0.39, 0.29) is 47.9 Å². The van der Waals surface area contributed by atoms with Gasteiger partial charge in [0.25, 0.3) is 0 Å². The maximum absolute atomic E-state index is 14.5. The van der Waals surface area contributed by atoms with Crippen molar-refractivity contribution in [2.24, 2.45) is 10.9 Å². The van der Waals surface area contributed by atoms with Crippen LogP contribution in [0, 0.1) is 17.6 Å². The number of nitrogens with zero attached hydrogens (tertiary/aromatic N) is 3. The summed E-state index contributed by atoms with van der Waals surface area (Å²) in [6.45, 7) is 0. The lowest BCUT2D eigenvalue weighted by molar-refractivity contribution is -0.137. The number of ketones is 1. The fourth-order valence-electron chi connectivity index (χ4n) is 6.90. The Hall–Kier alpha value is -4.99. The number of amides is 3. The van der Waals surface area contributed by atoms with Gasteiger partial charge in [0.15, 0.2) is 12.0 Å². The Labute approximate surface area is 291 Å². The SMILES string of the molecule is O=C(O)N[C@H]1CCCCC2=C(C2)N=C[C@@H]2[C@H](C(=O)NS(=O)(=O)C3CC3)CC(=O)N2[C@H](Oc2nc3ccc(F)cc3c3cc(F)ccc23)CCC1=O. The predicted octanol–water partition coefficient (Wildman–Crippen LogP) is 4.48. The molecule has 0 spiro atoms. The van der Waals surface area contributed by atoms with Crippen LogP contribution in [0.5, 0.6) is 5.88 Å². The fourth-order valence-corrected chi connectivity index (χ4v) is 8.26. The fraction of sp³-hybridized carbons (Fsp3) is 0.429. The Balaban J connectivity index is 1.31. The largest absolute Gasteiger partial charge is 0.465 e. The molecule has 4 atom stereocenters. The minimum Gasteiger partial charge on any atom is -0.465 e. The summed E-state index contributed by atoms with van der Waals surface area (Å²) in [7, 11) is -3.95. The van der Waals surface area contributed by atoms with Gasteiger partial charge in [-0.15, -0.1) is 0 Å². The first-order chi connectivity index (χ1) is 24.4. The smallest absolute Gasteiger partial charge is 0.405 e. The lowest BCUT2D eigenvalue weighted by Gasteiger charge is -2.33. The molecule has 268 valence electrons. The minimum absolute atomic E-state index is 0.0698. The van der Waals surface area contributed by atoms with Gasteiger partial charge in [0.2, 0.25) is 27.7 Å². The maximum Gasteiger partial charge on any atom is 0.405 e. The van der Waals surface area contributed by atoms with Gasteiger partial charge >= 0.3 is 6.09 Å². The van der Waals surface area contributed by atoms with Crippen molar-refractivity contribution in [3.8, 4) is 5.88 Å². The summed E-state index contributed by atoms with van der Waals surface area (Å²) < 4.78 is 62.9. The number of halogens is 2. The molecule has 2 aliphatic carbocycles. The molecular weight excluding hydrogens is 688 g/mol. The van der Waals surface area contributed by atoms with E-state index >= 15 is 0 Å². The van der Waals surface area contributed by atoms with Crippen molar-refractivity contribution in [2.75, 3.05) is 0 Å². The van der Waals surface area contributed by atoms with Crippen LogP contribution >= 0.6 is 0 Å². The van der Waals surface area contributed by atoms with Crippen molar-refractivity contribution in [1.82, 2.24) is 19.9 Å². The minimum atomic E-state index is -3.95. The zero-order valence-corrected chi connectivity index (χ0v) is 28.1. The molecule has 1 aromatic heterocycles. The quantitative estimate of drug-likeness (QED) is 0.309. The van der Waals surface area contributed by atoms with Gasteiger partial charge in [0.1, 0.15) is 11.6 Å². The zero-order valence-electron chi connectivity index (χ0n) is 27.3. The van der Waals surface area contributed by atoms with Gasteiger partial charge in [-0.1, -0.05) is 6.42 Å². The topological polar surface area (TPSA) is 184 Å². The van der Waals surface area contributed by atoms with Crippen LogP contribution in [0.25, 0.3) is 21.7 Å². The van der Waals surface area contributed by atoms with Gasteiger partial charge in [-0.25, -0.2) is 27.0 Å². The Morgan fingerprint density at radius 1 is 0.941 bits per heavy atom. The molecule has 7 rings (SSSR count). The number of carbonyl (C=O) groups excluding carboxylic acids is 3. The molecule has 16 heteroatoms. The van der Waals surface area contributed by atoms with Crippen LogP contribution in [-0.2, 0) is 24.4 Å². The number of rotatable bonds is 6. The second kappa shape index (κ2) is 13.6. The zero-order chi connectivity index (χ0) is 36.0. The first kappa shape index (κ1) is 34.5. The molecule has 1 saturated heterocycles. The highest BCUT2D eigenvalue weighted by Crippen LogP contribution is 2.39. The van der Waals surface area contributed by atoms with Gasteiger partial charge in [0.05, 0.1) is 28.8 Å². The standard InChI is InChI=1S/C35H35F2N5O8S/c36-19-5-9-22-23(14-19)24-15-20(37)6-10-26(24)39-34(22)50-32-12-11-30(43)27(40-35(46)47)4-2-1-3-18-13-28(18)38-17-29-25(16-31(44)42(29)32)33(45)41-51(48,49)21-7-8-21/h5-6,9-10,14-15,17,21,25,27,29,32,40H,1-4,7-8,11-13,16H2,(H,41,45)(H,46,47)/t25-,27+,29-,32-/m1/s1. The third kappa shape index (κ3) is 7.41. The van der Waals surface area contributed by atoms with Crippen LogP contribution in [0.4, 0.5) is 13.6 Å². The van der Waals surface area contributed by atoms with E-state index in [2.05, 4.69) is 20.0 Å². The number of sulfonamides is 1. The average molecular weight is 724 g/mol. The molecule has 4 aliphatic rings. The summed E-state index contributed by atoms with van der Waals surface area (Å²) in [5.74, 6) is -4.32. The molecule has 51 heavy (non-hydrogen) atoms. The van der Waals surface area contributed by atoms with Crippen LogP contribution in [-0.4, -0.2) is 76.9 Å². The van der Waals surface area contributed by atoms with Crippen LogP contribution in [0.1, 0.15) is 64.2 Å². The summed E-state index contributed by atoms with van der Waals surface area (Å²) in [5.41, 5.74) is 2.07. The van der Waals surface area contributed by atoms with E-state index in [1.807, 2.05) is 0 Å². The number of Topliss-reactive ketones (excluding diaryl/α,β-unsaturated/α-hetero) is 1. The highest BCUT2D eigenvalue weighted by Gasteiger charge is 2.49. The number of hydrogen-bond acceptors (Lipinski definition) is 9. The van der Waals surface area contributed by atoms with Crippen LogP contribution < -0.4 is 14.8 Å². The molecule has 3 N–H and O–H groups in total. The number of pyridine rings is 1.